The standard InChI is InChI=1S/C16H13N3O3/c1-10-11(2)16(22-15(10)20)21-9-13(7-17)19-14-6-4-3-5-12(14)8-18-19/h3-6,8-9,16H,1-2H3/b13-9-. The van der Waals surface area contributed by atoms with Crippen LogP contribution in [0.25, 0.3) is 16.6 Å². The summed E-state index contributed by atoms with van der Waals surface area (Å²) >= 11 is 0. The third-order valence-corrected chi connectivity index (χ3v) is 3.59. The van der Waals surface area contributed by atoms with Crippen LogP contribution in [0.1, 0.15) is 13.8 Å². The largest absolute Gasteiger partial charge is 0.455 e. The van der Waals surface area contributed by atoms with Gasteiger partial charge in [0.2, 0.25) is 0 Å². The molecule has 0 saturated carbocycles. The lowest BCUT2D eigenvalue weighted by Crippen LogP contribution is -2.13. The van der Waals surface area contributed by atoms with E-state index >= 15 is 0 Å². The van der Waals surface area contributed by atoms with Crippen LogP contribution in [0.3, 0.4) is 0 Å². The number of cyclic esters (lactones) is 1. The molecule has 0 amide bonds. The summed E-state index contributed by atoms with van der Waals surface area (Å²) in [6.07, 6.45) is 2.14. The Balaban J connectivity index is 1.89. The van der Waals surface area contributed by atoms with Gasteiger partial charge < -0.3 is 9.47 Å². The second kappa shape index (κ2) is 5.37. The van der Waals surface area contributed by atoms with Crippen LogP contribution in [0.2, 0.25) is 0 Å². The number of hydrogen-bond donors (Lipinski definition) is 0. The summed E-state index contributed by atoms with van der Waals surface area (Å²) in [5.74, 6) is -0.404. The maximum absolute atomic E-state index is 11.4. The van der Waals surface area contributed by atoms with Gasteiger partial charge in [-0.25, -0.2) is 9.48 Å². The van der Waals surface area contributed by atoms with E-state index in [0.29, 0.717) is 11.1 Å². The number of hydrogen-bond acceptors (Lipinski definition) is 5. The predicted molar refractivity (Wildman–Crippen MR) is 79.0 cm³/mol. The Kier molecular flexibility index (Phi) is 3.39. The number of nitriles is 1. The molecular weight excluding hydrogens is 282 g/mol. The summed E-state index contributed by atoms with van der Waals surface area (Å²) in [7, 11) is 0. The molecule has 1 atom stereocenters. The fourth-order valence-electron chi connectivity index (χ4n) is 2.16. The summed E-state index contributed by atoms with van der Waals surface area (Å²) in [4.78, 5) is 11.4. The topological polar surface area (TPSA) is 77.1 Å². The van der Waals surface area contributed by atoms with Crippen molar-refractivity contribution in [3.63, 3.8) is 0 Å². The van der Waals surface area contributed by atoms with Crippen molar-refractivity contribution in [1.82, 2.24) is 9.78 Å². The second-order valence-electron chi connectivity index (χ2n) is 4.91. The lowest BCUT2D eigenvalue weighted by Gasteiger charge is -2.11. The molecule has 0 radical (unpaired) electrons. The van der Waals surface area contributed by atoms with Crippen molar-refractivity contribution in [2.45, 2.75) is 20.1 Å². The van der Waals surface area contributed by atoms with Crippen molar-refractivity contribution in [2.75, 3.05) is 0 Å². The number of esters is 1. The van der Waals surface area contributed by atoms with Gasteiger partial charge in [0.25, 0.3) is 6.29 Å². The predicted octanol–water partition coefficient (Wildman–Crippen LogP) is 2.59. The molecule has 0 fully saturated rings. The number of rotatable bonds is 3. The molecule has 1 aromatic heterocycles. The van der Waals surface area contributed by atoms with Gasteiger partial charge in [-0.2, -0.15) is 10.4 Å². The highest BCUT2D eigenvalue weighted by atomic mass is 16.7. The SMILES string of the molecule is CC1=C(C)C(O/C=C(/C#N)n2ncc3ccccc32)OC1=O. The highest BCUT2D eigenvalue weighted by molar-refractivity contribution is 5.91. The zero-order valence-corrected chi connectivity index (χ0v) is 12.1. The molecule has 2 aromatic rings. The molecule has 6 heteroatoms. The molecule has 22 heavy (non-hydrogen) atoms. The third-order valence-electron chi connectivity index (χ3n) is 3.59. The number of para-hydroxylation sites is 1. The van der Waals surface area contributed by atoms with E-state index in [-0.39, 0.29) is 5.70 Å². The zero-order valence-electron chi connectivity index (χ0n) is 12.1. The fraction of sp³-hybridized carbons (Fsp3) is 0.188. The van der Waals surface area contributed by atoms with Crippen LogP contribution in [0.5, 0.6) is 0 Å². The molecule has 0 spiro atoms. The number of fused-ring (bicyclic) bond motifs is 1. The lowest BCUT2D eigenvalue weighted by molar-refractivity contribution is -0.152. The Labute approximate surface area is 126 Å². The van der Waals surface area contributed by atoms with Crippen LogP contribution in [0, 0.1) is 11.3 Å². The van der Waals surface area contributed by atoms with Gasteiger partial charge in [-0.1, -0.05) is 18.2 Å². The molecule has 0 aliphatic carbocycles. The number of ether oxygens (including phenoxy) is 2. The number of benzene rings is 1. The van der Waals surface area contributed by atoms with Crippen LogP contribution in [-0.2, 0) is 14.3 Å². The molecule has 1 aliphatic heterocycles. The smallest absolute Gasteiger partial charge is 0.337 e. The van der Waals surface area contributed by atoms with E-state index < -0.39 is 12.3 Å². The molecule has 0 bridgehead atoms. The molecule has 1 aliphatic rings. The molecule has 3 rings (SSSR count). The van der Waals surface area contributed by atoms with Crippen molar-refractivity contribution < 1.29 is 14.3 Å². The molecule has 110 valence electrons. The number of carbonyl (C=O) groups is 1. The van der Waals surface area contributed by atoms with Gasteiger partial charge in [-0.3, -0.25) is 0 Å². The van der Waals surface area contributed by atoms with Gasteiger partial charge in [-0.05, 0) is 19.9 Å². The molecule has 1 unspecified atom stereocenters. The number of aromatic nitrogens is 2. The van der Waals surface area contributed by atoms with E-state index in [1.54, 1.807) is 20.0 Å². The molecule has 0 saturated heterocycles. The summed E-state index contributed by atoms with van der Waals surface area (Å²) in [6.45, 7) is 3.44. The number of nitrogens with zero attached hydrogens (tertiary/aromatic N) is 3. The minimum absolute atomic E-state index is 0.203. The summed E-state index contributed by atoms with van der Waals surface area (Å²) in [5.41, 5.74) is 2.23. The quantitative estimate of drug-likeness (QED) is 0.494. The van der Waals surface area contributed by atoms with Crippen molar-refractivity contribution in [3.05, 3.63) is 47.9 Å². The van der Waals surface area contributed by atoms with Gasteiger partial charge >= 0.3 is 5.97 Å². The molecule has 6 nitrogen and oxygen atoms in total. The Morgan fingerprint density at radius 1 is 1.45 bits per heavy atom. The number of carbonyl (C=O) groups excluding carboxylic acids is 1. The second-order valence-corrected chi connectivity index (χ2v) is 4.91. The summed E-state index contributed by atoms with van der Waals surface area (Å²) in [5, 5.41) is 14.4. The fourth-order valence-corrected chi connectivity index (χ4v) is 2.16. The summed E-state index contributed by atoms with van der Waals surface area (Å²) in [6, 6.07) is 9.57. The van der Waals surface area contributed by atoms with E-state index in [4.69, 9.17) is 9.47 Å². The van der Waals surface area contributed by atoms with Gasteiger partial charge in [0.1, 0.15) is 12.3 Å². The van der Waals surface area contributed by atoms with Crippen LogP contribution >= 0.6 is 0 Å². The van der Waals surface area contributed by atoms with Crippen molar-refractivity contribution >= 4 is 22.6 Å². The van der Waals surface area contributed by atoms with Gasteiger partial charge in [0, 0.05) is 16.5 Å². The Bertz CT molecular complexity index is 855. The summed E-state index contributed by atoms with van der Waals surface area (Å²) < 4.78 is 12.0. The average molecular weight is 295 g/mol. The van der Waals surface area contributed by atoms with Crippen molar-refractivity contribution in [3.8, 4) is 6.07 Å². The van der Waals surface area contributed by atoms with Gasteiger partial charge in [-0.15, -0.1) is 0 Å². The van der Waals surface area contributed by atoms with Crippen molar-refractivity contribution in [2.24, 2.45) is 0 Å². The minimum Gasteiger partial charge on any atom is -0.455 e. The number of allylic oxidation sites excluding steroid dienone is 1. The van der Waals surface area contributed by atoms with E-state index in [1.165, 1.54) is 10.9 Å². The molecule has 0 N–H and O–H groups in total. The van der Waals surface area contributed by atoms with E-state index in [9.17, 15) is 10.1 Å². The van der Waals surface area contributed by atoms with Crippen LogP contribution in [0.4, 0.5) is 0 Å². The van der Waals surface area contributed by atoms with E-state index in [2.05, 4.69) is 5.10 Å². The Hall–Kier alpha value is -3.07. The monoisotopic (exact) mass is 295 g/mol. The van der Waals surface area contributed by atoms with Crippen LogP contribution < -0.4 is 0 Å². The lowest BCUT2D eigenvalue weighted by atomic mass is 10.2. The third kappa shape index (κ3) is 2.23. The first-order valence-corrected chi connectivity index (χ1v) is 6.69. The van der Waals surface area contributed by atoms with Crippen molar-refractivity contribution in [1.29, 1.82) is 5.26 Å². The highest BCUT2D eigenvalue weighted by Gasteiger charge is 2.29. The highest BCUT2D eigenvalue weighted by Crippen LogP contribution is 2.24. The van der Waals surface area contributed by atoms with E-state index in [0.717, 1.165) is 10.9 Å². The first-order valence-electron chi connectivity index (χ1n) is 6.69. The molecule has 2 heterocycles. The Morgan fingerprint density at radius 2 is 2.23 bits per heavy atom. The maximum atomic E-state index is 11.4. The van der Waals surface area contributed by atoms with Crippen LogP contribution in [-0.4, -0.2) is 22.0 Å². The average Bonchev–Trinajstić information content (AvgIpc) is 3.06. The van der Waals surface area contributed by atoms with Crippen LogP contribution in [0.15, 0.2) is 47.9 Å². The zero-order chi connectivity index (χ0) is 15.7. The van der Waals surface area contributed by atoms with Gasteiger partial charge in [0.15, 0.2) is 5.70 Å². The minimum atomic E-state index is -0.794. The maximum Gasteiger partial charge on any atom is 0.337 e. The Morgan fingerprint density at radius 3 is 2.91 bits per heavy atom. The molecular formula is C16H13N3O3. The van der Waals surface area contributed by atoms with Gasteiger partial charge in [0.05, 0.1) is 11.7 Å². The van der Waals surface area contributed by atoms with E-state index in [1.807, 2.05) is 30.3 Å². The first kappa shape index (κ1) is 13.9. The normalized spacial score (nSPS) is 18.5. The first-order chi connectivity index (χ1) is 10.6. The molecule has 1 aromatic carbocycles.